The maximum atomic E-state index is 13.7. The summed E-state index contributed by atoms with van der Waals surface area (Å²) in [6.07, 6.45) is 6.65. The fourth-order valence-electron chi connectivity index (χ4n) is 4.90. The van der Waals surface area contributed by atoms with Gasteiger partial charge in [-0.05, 0) is 50.5 Å². The van der Waals surface area contributed by atoms with Gasteiger partial charge in [-0.2, -0.15) is 10.2 Å². The molecule has 5 rings (SSSR count). The van der Waals surface area contributed by atoms with E-state index in [0.29, 0.717) is 18.9 Å². The highest BCUT2D eigenvalue weighted by atomic mass is 19.3. The number of fused-ring (bicyclic) bond motifs is 1. The molecule has 0 aromatic carbocycles. The van der Waals surface area contributed by atoms with Crippen molar-refractivity contribution in [3.05, 3.63) is 41.6 Å². The molecular formula is C23H28F2N6O3. The number of carbonyl (C=O) groups excluding carboxylic acids is 1. The molecule has 1 saturated carbocycles. The number of aliphatic hydroxyl groups is 1. The summed E-state index contributed by atoms with van der Waals surface area (Å²) in [5, 5.41) is 20.2. The molecule has 1 saturated heterocycles. The van der Waals surface area contributed by atoms with Crippen LogP contribution in [0.4, 0.5) is 14.5 Å². The van der Waals surface area contributed by atoms with Crippen LogP contribution in [0.15, 0.2) is 24.7 Å². The van der Waals surface area contributed by atoms with Gasteiger partial charge in [0.25, 0.3) is 12.3 Å². The lowest BCUT2D eigenvalue weighted by atomic mass is 9.87. The highest BCUT2D eigenvalue weighted by Crippen LogP contribution is 2.35. The number of aliphatic hydroxyl groups excluding tert-OH is 1. The summed E-state index contributed by atoms with van der Waals surface area (Å²) in [7, 11) is 0. The Morgan fingerprint density at radius 3 is 2.68 bits per heavy atom. The molecule has 182 valence electrons. The summed E-state index contributed by atoms with van der Waals surface area (Å²) in [6, 6.07) is 1.86. The van der Waals surface area contributed by atoms with Crippen LogP contribution in [0.5, 0.6) is 0 Å². The first-order valence-corrected chi connectivity index (χ1v) is 11.7. The number of alkyl halides is 2. The Balaban J connectivity index is 1.38. The number of aromatic nitrogens is 5. The van der Waals surface area contributed by atoms with Gasteiger partial charge in [0.2, 0.25) is 0 Å². The van der Waals surface area contributed by atoms with Crippen molar-refractivity contribution in [1.82, 2.24) is 24.4 Å². The predicted molar refractivity (Wildman–Crippen MR) is 119 cm³/mol. The highest BCUT2D eigenvalue weighted by Gasteiger charge is 2.27. The molecule has 0 spiro atoms. The van der Waals surface area contributed by atoms with Crippen LogP contribution in [0.1, 0.15) is 78.7 Å². The Labute approximate surface area is 195 Å². The zero-order valence-electron chi connectivity index (χ0n) is 18.7. The predicted octanol–water partition coefficient (Wildman–Crippen LogP) is 3.73. The zero-order chi connectivity index (χ0) is 23.7. The number of anilines is 1. The fraction of sp³-hybridized carbons (Fsp3) is 0.565. The maximum absolute atomic E-state index is 13.7. The van der Waals surface area contributed by atoms with E-state index in [9.17, 15) is 18.7 Å². The smallest absolute Gasteiger partial charge is 0.284 e. The van der Waals surface area contributed by atoms with E-state index in [1.807, 2.05) is 6.07 Å². The second kappa shape index (κ2) is 9.75. The van der Waals surface area contributed by atoms with Crippen LogP contribution in [-0.4, -0.2) is 55.2 Å². The van der Waals surface area contributed by atoms with Crippen molar-refractivity contribution in [3.63, 3.8) is 0 Å². The van der Waals surface area contributed by atoms with Crippen LogP contribution in [-0.2, 0) is 4.74 Å². The molecule has 0 unspecified atom stereocenters. The van der Waals surface area contributed by atoms with Crippen LogP contribution in [0.25, 0.3) is 5.65 Å². The second-order valence-corrected chi connectivity index (χ2v) is 9.09. The summed E-state index contributed by atoms with van der Waals surface area (Å²) < 4.78 is 35.9. The van der Waals surface area contributed by atoms with Crippen LogP contribution in [0, 0.1) is 5.92 Å². The minimum atomic E-state index is -2.83. The molecule has 3 aromatic heterocycles. The van der Waals surface area contributed by atoms with Gasteiger partial charge in [0.05, 0.1) is 17.9 Å². The molecular weight excluding hydrogens is 446 g/mol. The Morgan fingerprint density at radius 2 is 1.97 bits per heavy atom. The fourth-order valence-corrected chi connectivity index (χ4v) is 4.90. The molecule has 9 nitrogen and oxygen atoms in total. The number of hydrogen-bond donors (Lipinski definition) is 2. The minimum absolute atomic E-state index is 0.00999. The number of amides is 1. The molecule has 2 fully saturated rings. The quantitative estimate of drug-likeness (QED) is 0.564. The van der Waals surface area contributed by atoms with E-state index >= 15 is 0 Å². The maximum Gasteiger partial charge on any atom is 0.284 e. The molecule has 0 atom stereocenters. The third kappa shape index (κ3) is 4.54. The number of ether oxygens (including phenoxy) is 1. The largest absolute Gasteiger partial charge is 0.396 e. The normalized spacial score (nSPS) is 21.9. The molecule has 2 aliphatic rings. The van der Waals surface area contributed by atoms with Gasteiger partial charge >= 0.3 is 0 Å². The Bertz CT molecular complexity index is 1150. The third-order valence-corrected chi connectivity index (χ3v) is 6.94. The lowest BCUT2D eigenvalue weighted by molar-refractivity contribution is 0.0845. The first-order valence-electron chi connectivity index (χ1n) is 11.7. The topological polar surface area (TPSA) is 107 Å². The van der Waals surface area contributed by atoms with Gasteiger partial charge in [-0.3, -0.25) is 9.48 Å². The van der Waals surface area contributed by atoms with Crippen LogP contribution in [0.2, 0.25) is 0 Å². The summed E-state index contributed by atoms with van der Waals surface area (Å²) in [5.74, 6) is -0.0686. The van der Waals surface area contributed by atoms with Crippen molar-refractivity contribution in [2.45, 2.75) is 56.9 Å². The van der Waals surface area contributed by atoms with Gasteiger partial charge in [0.1, 0.15) is 5.56 Å². The first-order chi connectivity index (χ1) is 16.5. The zero-order valence-corrected chi connectivity index (χ0v) is 18.7. The van der Waals surface area contributed by atoms with E-state index < -0.39 is 18.0 Å². The first kappa shape index (κ1) is 22.9. The average Bonchev–Trinajstić information content (AvgIpc) is 3.49. The Kier molecular flexibility index (Phi) is 6.55. The van der Waals surface area contributed by atoms with Gasteiger partial charge in [-0.1, -0.05) is 0 Å². The number of nitrogens with zero attached hydrogens (tertiary/aromatic N) is 5. The van der Waals surface area contributed by atoms with Crippen LogP contribution >= 0.6 is 0 Å². The number of carbonyl (C=O) groups is 1. The van der Waals surface area contributed by atoms with Gasteiger partial charge < -0.3 is 15.2 Å². The highest BCUT2D eigenvalue weighted by molar-refractivity contribution is 6.08. The standard InChI is InChI=1S/C23H28F2N6O3/c24-21(25)20-19(12-31(29-20)16-3-1-14(13-32)2-4-16)28-23(33)17-11-26-30-8-5-18(27-22(17)30)15-6-9-34-10-7-15/h5,8,11-12,14-16,21,32H,1-4,6-7,9-10,13H2,(H,28,33)/t14-,16-. The van der Waals surface area contributed by atoms with Crippen molar-refractivity contribution in [2.75, 3.05) is 25.1 Å². The van der Waals surface area contributed by atoms with Gasteiger partial charge in [-0.15, -0.1) is 0 Å². The molecule has 2 N–H and O–H groups in total. The molecule has 11 heteroatoms. The SMILES string of the molecule is O=C(Nc1cn([C@H]2CC[C@H](CO)CC2)nc1C(F)F)c1cnn2ccc(C3CCOCC3)nc12. The Morgan fingerprint density at radius 1 is 1.21 bits per heavy atom. The van der Waals surface area contributed by atoms with Crippen LogP contribution < -0.4 is 5.32 Å². The van der Waals surface area contributed by atoms with E-state index in [1.54, 1.807) is 6.20 Å². The minimum Gasteiger partial charge on any atom is -0.396 e. The van der Waals surface area contributed by atoms with E-state index in [2.05, 4.69) is 20.5 Å². The summed E-state index contributed by atoms with van der Waals surface area (Å²) in [6.45, 7) is 1.48. The van der Waals surface area contributed by atoms with Gasteiger partial charge in [-0.25, -0.2) is 18.3 Å². The molecule has 34 heavy (non-hydrogen) atoms. The lowest BCUT2D eigenvalue weighted by Gasteiger charge is -2.27. The molecule has 1 aliphatic heterocycles. The summed E-state index contributed by atoms with van der Waals surface area (Å²) in [5.41, 5.74) is 0.999. The number of rotatable bonds is 6. The van der Waals surface area contributed by atoms with Crippen molar-refractivity contribution < 1.29 is 23.4 Å². The van der Waals surface area contributed by atoms with Crippen molar-refractivity contribution in [3.8, 4) is 0 Å². The molecule has 1 amide bonds. The third-order valence-electron chi connectivity index (χ3n) is 6.94. The number of halogens is 2. The van der Waals surface area contributed by atoms with Crippen molar-refractivity contribution in [1.29, 1.82) is 0 Å². The molecule has 0 radical (unpaired) electrons. The molecule has 0 bridgehead atoms. The van der Waals surface area contributed by atoms with Crippen molar-refractivity contribution >= 4 is 17.2 Å². The second-order valence-electron chi connectivity index (χ2n) is 9.09. The number of nitrogens with one attached hydrogen (secondary N) is 1. The summed E-state index contributed by atoms with van der Waals surface area (Å²) in [4.78, 5) is 17.8. The summed E-state index contributed by atoms with van der Waals surface area (Å²) >= 11 is 0. The van der Waals surface area contributed by atoms with Gasteiger partial charge in [0, 0.05) is 43.8 Å². The molecule has 3 aromatic rings. The van der Waals surface area contributed by atoms with E-state index in [4.69, 9.17) is 4.74 Å². The number of hydrogen-bond acceptors (Lipinski definition) is 6. The van der Waals surface area contributed by atoms with E-state index in [0.717, 1.165) is 44.2 Å². The molecule has 1 aliphatic carbocycles. The van der Waals surface area contributed by atoms with E-state index in [1.165, 1.54) is 21.6 Å². The monoisotopic (exact) mass is 474 g/mol. The van der Waals surface area contributed by atoms with Gasteiger partial charge in [0.15, 0.2) is 11.3 Å². The van der Waals surface area contributed by atoms with Crippen molar-refractivity contribution in [2.24, 2.45) is 5.92 Å². The molecule has 4 heterocycles. The van der Waals surface area contributed by atoms with E-state index in [-0.39, 0.29) is 35.7 Å². The van der Waals surface area contributed by atoms with Crippen LogP contribution in [0.3, 0.4) is 0 Å². The Hall–Kier alpha value is -2.92. The lowest BCUT2D eigenvalue weighted by Crippen LogP contribution is -2.20. The average molecular weight is 475 g/mol.